The number of nitrogens with zero attached hydrogens (tertiary/aromatic N) is 4. The van der Waals surface area contributed by atoms with Crippen LogP contribution in [0.2, 0.25) is 0 Å². The normalized spacial score (nSPS) is 27.5. The molecule has 38 heavy (non-hydrogen) atoms. The maximum Gasteiger partial charge on any atom is 0.225 e. The molecule has 2 bridgehead atoms. The van der Waals surface area contributed by atoms with E-state index in [1.54, 1.807) is 0 Å². The highest BCUT2D eigenvalue weighted by Gasteiger charge is 2.44. The molecule has 5 heteroatoms. The largest absolute Gasteiger partial charge is 0.342 e. The van der Waals surface area contributed by atoms with Gasteiger partial charge in [0.05, 0.1) is 11.0 Å². The molecule has 7 rings (SSSR count). The van der Waals surface area contributed by atoms with Gasteiger partial charge in [-0.05, 0) is 94.4 Å². The molecule has 0 radical (unpaired) electrons. The number of likely N-dealkylation sites (tertiary alicyclic amines) is 1. The summed E-state index contributed by atoms with van der Waals surface area (Å²) >= 11 is 0. The van der Waals surface area contributed by atoms with E-state index in [1.165, 1.54) is 56.1 Å². The average Bonchev–Trinajstić information content (AvgIpc) is 3.37. The third-order valence-electron chi connectivity index (χ3n) is 10.7. The lowest BCUT2D eigenvalue weighted by atomic mass is 9.70. The molecular weight excluding hydrogens is 468 g/mol. The highest BCUT2D eigenvalue weighted by atomic mass is 16.2. The van der Waals surface area contributed by atoms with E-state index in [-0.39, 0.29) is 5.41 Å². The highest BCUT2D eigenvalue weighted by molar-refractivity contribution is 5.79. The van der Waals surface area contributed by atoms with Gasteiger partial charge < -0.3 is 9.47 Å². The van der Waals surface area contributed by atoms with Crippen LogP contribution in [0.15, 0.2) is 54.6 Å². The lowest BCUT2D eigenvalue weighted by Crippen LogP contribution is -2.50. The second-order valence-corrected chi connectivity index (χ2v) is 12.6. The first-order valence-electron chi connectivity index (χ1n) is 15.1. The standard InChI is InChI=1S/C33H42N4O/c1-24-34-30-12-5-6-13-31(30)37(24)29-22-27-14-15-28(23-29)36(27)21-18-33(26-10-3-2-4-11-26)16-19-35(20-17-33)32(38)25-8-7-9-25/h2-6,10-13,25,27-29H,7-9,14-23H2,1H3/t27-,28+,29-. The van der Waals surface area contributed by atoms with Crippen molar-refractivity contribution < 1.29 is 4.79 Å². The number of para-hydroxylation sites is 2. The molecule has 3 aromatic rings. The van der Waals surface area contributed by atoms with Crippen LogP contribution in [-0.4, -0.2) is 57.0 Å². The van der Waals surface area contributed by atoms with Crippen LogP contribution < -0.4 is 0 Å². The van der Waals surface area contributed by atoms with Crippen LogP contribution in [-0.2, 0) is 10.2 Å². The van der Waals surface area contributed by atoms with E-state index in [1.807, 2.05) is 0 Å². The van der Waals surface area contributed by atoms with Crippen LogP contribution >= 0.6 is 0 Å². The Bertz CT molecular complexity index is 1270. The fourth-order valence-electron chi connectivity index (χ4n) is 8.33. The Labute approximate surface area is 227 Å². The van der Waals surface area contributed by atoms with Crippen LogP contribution in [0.1, 0.15) is 81.6 Å². The molecule has 4 fully saturated rings. The molecule has 0 unspecified atom stereocenters. The first kappa shape index (κ1) is 24.4. The van der Waals surface area contributed by atoms with E-state index >= 15 is 0 Å². The van der Waals surface area contributed by atoms with Crippen molar-refractivity contribution in [3.8, 4) is 0 Å². The molecule has 0 N–H and O–H groups in total. The van der Waals surface area contributed by atoms with Gasteiger partial charge in [-0.1, -0.05) is 48.9 Å². The summed E-state index contributed by atoms with van der Waals surface area (Å²) < 4.78 is 2.54. The van der Waals surface area contributed by atoms with Gasteiger partial charge in [0.2, 0.25) is 5.91 Å². The third kappa shape index (κ3) is 4.18. The summed E-state index contributed by atoms with van der Waals surface area (Å²) in [7, 11) is 0. The Hall–Kier alpha value is -2.66. The molecule has 1 saturated carbocycles. The number of aryl methyl sites for hydroxylation is 1. The first-order valence-corrected chi connectivity index (χ1v) is 15.1. The second kappa shape index (κ2) is 9.82. The molecule has 3 atom stereocenters. The first-order chi connectivity index (χ1) is 18.6. The number of carbonyl (C=O) groups excluding carboxylic acids is 1. The monoisotopic (exact) mass is 510 g/mol. The lowest BCUT2D eigenvalue weighted by molar-refractivity contribution is -0.139. The summed E-state index contributed by atoms with van der Waals surface area (Å²) in [5.74, 6) is 1.91. The van der Waals surface area contributed by atoms with Crippen molar-refractivity contribution in [3.05, 3.63) is 66.0 Å². The predicted molar refractivity (Wildman–Crippen MR) is 152 cm³/mol. The molecule has 1 aliphatic carbocycles. The Kier molecular flexibility index (Phi) is 6.30. The number of aromatic nitrogens is 2. The Morgan fingerprint density at radius 3 is 2.26 bits per heavy atom. The number of hydrogen-bond donors (Lipinski definition) is 0. The predicted octanol–water partition coefficient (Wildman–Crippen LogP) is 6.26. The topological polar surface area (TPSA) is 41.4 Å². The number of imidazole rings is 1. The van der Waals surface area contributed by atoms with Crippen molar-refractivity contribution in [1.82, 2.24) is 19.4 Å². The fourth-order valence-corrected chi connectivity index (χ4v) is 8.33. The van der Waals surface area contributed by atoms with Crippen molar-refractivity contribution in [1.29, 1.82) is 0 Å². The Balaban J connectivity index is 1.06. The van der Waals surface area contributed by atoms with Crippen molar-refractivity contribution in [3.63, 3.8) is 0 Å². The maximum absolute atomic E-state index is 13.0. The summed E-state index contributed by atoms with van der Waals surface area (Å²) in [6.07, 6.45) is 12.0. The molecule has 5 nitrogen and oxygen atoms in total. The van der Waals surface area contributed by atoms with Crippen LogP contribution in [0.25, 0.3) is 11.0 Å². The zero-order chi connectivity index (χ0) is 25.7. The average molecular weight is 511 g/mol. The summed E-state index contributed by atoms with van der Waals surface area (Å²) in [5.41, 5.74) is 4.10. The van der Waals surface area contributed by atoms with Gasteiger partial charge in [0.15, 0.2) is 0 Å². The minimum absolute atomic E-state index is 0.186. The Morgan fingerprint density at radius 1 is 0.895 bits per heavy atom. The summed E-state index contributed by atoms with van der Waals surface area (Å²) in [6, 6.07) is 21.8. The van der Waals surface area contributed by atoms with Gasteiger partial charge in [-0.2, -0.15) is 0 Å². The summed E-state index contributed by atoms with van der Waals surface area (Å²) in [6.45, 7) is 5.20. The molecule has 1 amide bonds. The highest BCUT2D eigenvalue weighted by Crippen LogP contribution is 2.45. The van der Waals surface area contributed by atoms with Gasteiger partial charge in [-0.25, -0.2) is 4.98 Å². The molecule has 3 aliphatic heterocycles. The van der Waals surface area contributed by atoms with Crippen LogP contribution in [0.3, 0.4) is 0 Å². The number of amides is 1. The zero-order valence-electron chi connectivity index (χ0n) is 22.9. The smallest absolute Gasteiger partial charge is 0.225 e. The van der Waals surface area contributed by atoms with Crippen molar-refractivity contribution in [2.45, 2.75) is 94.7 Å². The van der Waals surface area contributed by atoms with E-state index in [9.17, 15) is 4.79 Å². The minimum atomic E-state index is 0.186. The number of benzene rings is 2. The van der Waals surface area contributed by atoms with Gasteiger partial charge in [-0.15, -0.1) is 0 Å². The van der Waals surface area contributed by atoms with Gasteiger partial charge in [0.25, 0.3) is 0 Å². The number of carbonyl (C=O) groups is 1. The quantitative estimate of drug-likeness (QED) is 0.393. The van der Waals surface area contributed by atoms with Gasteiger partial charge in [0, 0.05) is 37.1 Å². The molecule has 4 heterocycles. The summed E-state index contributed by atoms with van der Waals surface area (Å²) in [5, 5.41) is 0. The van der Waals surface area contributed by atoms with E-state index in [2.05, 4.69) is 75.9 Å². The van der Waals surface area contributed by atoms with E-state index in [4.69, 9.17) is 4.98 Å². The van der Waals surface area contributed by atoms with Gasteiger partial charge in [-0.3, -0.25) is 9.69 Å². The van der Waals surface area contributed by atoms with Crippen molar-refractivity contribution in [2.75, 3.05) is 19.6 Å². The molecule has 0 spiro atoms. The lowest BCUT2D eigenvalue weighted by Gasteiger charge is -2.46. The molecule has 1 aromatic heterocycles. The number of piperidine rings is 2. The molecular formula is C33H42N4O. The van der Waals surface area contributed by atoms with E-state index in [0.29, 0.717) is 30.0 Å². The SMILES string of the molecule is Cc1nc2ccccc2n1[C@@H]1C[C@H]2CC[C@@H](C1)N2CCC1(c2ccccc2)CCN(C(=O)C2CCC2)CC1. The minimum Gasteiger partial charge on any atom is -0.342 e. The zero-order valence-corrected chi connectivity index (χ0v) is 22.9. The van der Waals surface area contributed by atoms with E-state index in [0.717, 1.165) is 50.1 Å². The number of rotatable bonds is 6. The Morgan fingerprint density at radius 2 is 1.58 bits per heavy atom. The van der Waals surface area contributed by atoms with Crippen molar-refractivity contribution >= 4 is 16.9 Å². The molecule has 4 aliphatic rings. The van der Waals surface area contributed by atoms with Crippen LogP contribution in [0, 0.1) is 12.8 Å². The number of hydrogen-bond acceptors (Lipinski definition) is 3. The van der Waals surface area contributed by atoms with Gasteiger partial charge in [0.1, 0.15) is 5.82 Å². The van der Waals surface area contributed by atoms with Crippen molar-refractivity contribution in [2.24, 2.45) is 5.92 Å². The molecule has 2 aromatic carbocycles. The number of fused-ring (bicyclic) bond motifs is 3. The molecule has 200 valence electrons. The molecule has 3 saturated heterocycles. The maximum atomic E-state index is 13.0. The van der Waals surface area contributed by atoms with Crippen LogP contribution in [0.5, 0.6) is 0 Å². The second-order valence-electron chi connectivity index (χ2n) is 12.6. The van der Waals surface area contributed by atoms with Gasteiger partial charge >= 0.3 is 0 Å². The fraction of sp³-hybridized carbons (Fsp3) is 0.576. The third-order valence-corrected chi connectivity index (χ3v) is 10.7. The van der Waals surface area contributed by atoms with E-state index < -0.39 is 0 Å². The summed E-state index contributed by atoms with van der Waals surface area (Å²) in [4.78, 5) is 22.9. The van der Waals surface area contributed by atoms with Crippen LogP contribution in [0.4, 0.5) is 0 Å².